The number of halogens is 1. The van der Waals surface area contributed by atoms with Crippen LogP contribution in [0.5, 0.6) is 0 Å². The molecule has 1 heterocycles. The molecule has 0 N–H and O–H groups in total. The number of rotatable bonds is 4. The third kappa shape index (κ3) is 2.72. The van der Waals surface area contributed by atoms with Crippen LogP contribution in [0.1, 0.15) is 18.1 Å². The van der Waals surface area contributed by atoms with Gasteiger partial charge in [0.2, 0.25) is 0 Å². The fourth-order valence-electron chi connectivity index (χ4n) is 2.71. The molecule has 3 rings (SSSR count). The van der Waals surface area contributed by atoms with Gasteiger partial charge in [-0.15, -0.1) is 0 Å². The largest absolute Gasteiger partial charge is 0.343 e. The SMILES string of the molecule is CC(=O)Cc1cn(Cc2ccccc2)c2cccc(F)c12. The number of fused-ring (bicyclic) bond motifs is 1. The topological polar surface area (TPSA) is 22.0 Å². The predicted molar refractivity (Wildman–Crippen MR) is 81.8 cm³/mol. The van der Waals surface area contributed by atoms with Crippen LogP contribution in [0.4, 0.5) is 4.39 Å². The molecule has 3 heteroatoms. The lowest BCUT2D eigenvalue weighted by Crippen LogP contribution is -1.98. The predicted octanol–water partition coefficient (Wildman–Crippen LogP) is 3.96. The van der Waals surface area contributed by atoms with Crippen LogP contribution in [-0.4, -0.2) is 10.4 Å². The molecule has 3 aromatic rings. The highest BCUT2D eigenvalue weighted by atomic mass is 19.1. The molecular formula is C18H16FNO. The van der Waals surface area contributed by atoms with Crippen molar-refractivity contribution in [3.05, 3.63) is 71.7 Å². The minimum Gasteiger partial charge on any atom is -0.343 e. The van der Waals surface area contributed by atoms with Crippen molar-refractivity contribution in [3.8, 4) is 0 Å². The lowest BCUT2D eigenvalue weighted by molar-refractivity contribution is -0.116. The summed E-state index contributed by atoms with van der Waals surface area (Å²) in [6.07, 6.45) is 2.15. The van der Waals surface area contributed by atoms with E-state index in [9.17, 15) is 9.18 Å². The number of Topliss-reactive ketones (excluding diaryl/α,β-unsaturated/α-hetero) is 1. The maximum Gasteiger partial charge on any atom is 0.134 e. The Morgan fingerprint density at radius 2 is 1.86 bits per heavy atom. The van der Waals surface area contributed by atoms with E-state index in [2.05, 4.69) is 0 Å². The molecule has 0 spiro atoms. The molecule has 2 nitrogen and oxygen atoms in total. The summed E-state index contributed by atoms with van der Waals surface area (Å²) in [5.74, 6) is -0.229. The summed E-state index contributed by atoms with van der Waals surface area (Å²) >= 11 is 0. The fourth-order valence-corrected chi connectivity index (χ4v) is 2.71. The van der Waals surface area contributed by atoms with Gasteiger partial charge in [-0.25, -0.2) is 4.39 Å². The van der Waals surface area contributed by atoms with Gasteiger partial charge in [0.05, 0.1) is 5.52 Å². The summed E-state index contributed by atoms with van der Waals surface area (Å²) in [5, 5.41) is 0.559. The van der Waals surface area contributed by atoms with Gasteiger partial charge in [-0.2, -0.15) is 0 Å². The van der Waals surface area contributed by atoms with Crippen LogP contribution >= 0.6 is 0 Å². The molecule has 0 atom stereocenters. The van der Waals surface area contributed by atoms with Gasteiger partial charge in [0.25, 0.3) is 0 Å². The summed E-state index contributed by atoms with van der Waals surface area (Å²) in [7, 11) is 0. The van der Waals surface area contributed by atoms with Crippen molar-refractivity contribution >= 4 is 16.7 Å². The van der Waals surface area contributed by atoms with Crippen molar-refractivity contribution in [1.82, 2.24) is 4.57 Å². The van der Waals surface area contributed by atoms with E-state index in [1.165, 1.54) is 13.0 Å². The molecule has 0 radical (unpaired) electrons. The minimum atomic E-state index is -0.268. The van der Waals surface area contributed by atoms with Gasteiger partial charge in [0.15, 0.2) is 0 Å². The Morgan fingerprint density at radius 3 is 2.57 bits per heavy atom. The first-order chi connectivity index (χ1) is 10.1. The van der Waals surface area contributed by atoms with E-state index >= 15 is 0 Å². The molecular weight excluding hydrogens is 265 g/mol. The normalized spacial score (nSPS) is 11.0. The van der Waals surface area contributed by atoms with E-state index in [0.29, 0.717) is 11.9 Å². The molecule has 0 amide bonds. The summed E-state index contributed by atoms with van der Waals surface area (Å²) in [6.45, 7) is 2.19. The fraction of sp³-hybridized carbons (Fsp3) is 0.167. The second-order valence-corrected chi connectivity index (χ2v) is 5.28. The van der Waals surface area contributed by atoms with Gasteiger partial charge in [-0.05, 0) is 30.2 Å². The zero-order valence-electron chi connectivity index (χ0n) is 11.8. The highest BCUT2D eigenvalue weighted by Gasteiger charge is 2.13. The van der Waals surface area contributed by atoms with Gasteiger partial charge in [0.1, 0.15) is 11.6 Å². The molecule has 2 aromatic carbocycles. The van der Waals surface area contributed by atoms with Gasteiger partial charge in [-0.3, -0.25) is 4.79 Å². The molecule has 0 saturated carbocycles. The average molecular weight is 281 g/mol. The quantitative estimate of drug-likeness (QED) is 0.709. The van der Waals surface area contributed by atoms with E-state index in [1.54, 1.807) is 6.07 Å². The summed E-state index contributed by atoms with van der Waals surface area (Å²) in [4.78, 5) is 11.4. The Balaban J connectivity index is 2.10. The molecule has 0 unspecified atom stereocenters. The van der Waals surface area contributed by atoms with Crippen LogP contribution < -0.4 is 0 Å². The van der Waals surface area contributed by atoms with Crippen molar-refractivity contribution in [2.45, 2.75) is 19.9 Å². The molecule has 0 bridgehead atoms. The van der Waals surface area contributed by atoms with Crippen LogP contribution in [0.25, 0.3) is 10.9 Å². The summed E-state index contributed by atoms with van der Waals surface area (Å²) in [5.41, 5.74) is 2.73. The molecule has 1 aromatic heterocycles. The number of benzene rings is 2. The number of hydrogen-bond donors (Lipinski definition) is 0. The second-order valence-electron chi connectivity index (χ2n) is 5.28. The number of carbonyl (C=O) groups excluding carboxylic acids is 1. The van der Waals surface area contributed by atoms with E-state index < -0.39 is 0 Å². The van der Waals surface area contributed by atoms with E-state index in [-0.39, 0.29) is 18.0 Å². The zero-order valence-corrected chi connectivity index (χ0v) is 11.8. The van der Waals surface area contributed by atoms with E-state index in [4.69, 9.17) is 0 Å². The maximum atomic E-state index is 14.1. The number of aromatic nitrogens is 1. The lowest BCUT2D eigenvalue weighted by Gasteiger charge is -2.05. The molecule has 0 aliphatic rings. The Labute approximate surface area is 122 Å². The first kappa shape index (κ1) is 13.6. The van der Waals surface area contributed by atoms with Gasteiger partial charge >= 0.3 is 0 Å². The minimum absolute atomic E-state index is 0.0389. The van der Waals surface area contributed by atoms with Gasteiger partial charge in [0, 0.05) is 24.5 Å². The molecule has 0 fully saturated rings. The molecule has 0 saturated heterocycles. The van der Waals surface area contributed by atoms with Gasteiger partial charge in [-0.1, -0.05) is 36.4 Å². The number of carbonyl (C=O) groups is 1. The van der Waals surface area contributed by atoms with Crippen LogP contribution in [0, 0.1) is 5.82 Å². The Kier molecular flexibility index (Phi) is 3.57. The summed E-state index contributed by atoms with van der Waals surface area (Å²) < 4.78 is 16.1. The zero-order chi connectivity index (χ0) is 14.8. The van der Waals surface area contributed by atoms with Crippen LogP contribution in [-0.2, 0) is 17.8 Å². The first-order valence-corrected chi connectivity index (χ1v) is 6.95. The number of ketones is 1. The lowest BCUT2D eigenvalue weighted by atomic mass is 10.1. The smallest absolute Gasteiger partial charge is 0.134 e. The molecule has 0 aliphatic carbocycles. The number of hydrogen-bond acceptors (Lipinski definition) is 1. The van der Waals surface area contributed by atoms with Crippen molar-refractivity contribution in [1.29, 1.82) is 0 Å². The third-order valence-corrected chi connectivity index (χ3v) is 3.57. The Bertz CT molecular complexity index is 790. The second kappa shape index (κ2) is 5.52. The van der Waals surface area contributed by atoms with Crippen molar-refractivity contribution in [3.63, 3.8) is 0 Å². The van der Waals surface area contributed by atoms with E-state index in [0.717, 1.165) is 16.6 Å². The standard InChI is InChI=1S/C18H16FNO/c1-13(21)10-15-12-20(11-14-6-3-2-4-7-14)17-9-5-8-16(19)18(15)17/h2-9,12H,10-11H2,1H3. The Morgan fingerprint density at radius 1 is 1.10 bits per heavy atom. The van der Waals surface area contributed by atoms with Crippen LogP contribution in [0.2, 0.25) is 0 Å². The van der Waals surface area contributed by atoms with Crippen molar-refractivity contribution in [2.24, 2.45) is 0 Å². The van der Waals surface area contributed by atoms with Crippen LogP contribution in [0.15, 0.2) is 54.7 Å². The number of nitrogens with zero attached hydrogens (tertiary/aromatic N) is 1. The van der Waals surface area contributed by atoms with E-state index in [1.807, 2.05) is 47.2 Å². The van der Waals surface area contributed by atoms with Crippen molar-refractivity contribution in [2.75, 3.05) is 0 Å². The highest BCUT2D eigenvalue weighted by molar-refractivity contribution is 5.89. The molecule has 0 aliphatic heterocycles. The van der Waals surface area contributed by atoms with Crippen molar-refractivity contribution < 1.29 is 9.18 Å². The average Bonchev–Trinajstić information content (AvgIpc) is 2.78. The maximum absolute atomic E-state index is 14.1. The van der Waals surface area contributed by atoms with Gasteiger partial charge < -0.3 is 4.57 Å². The first-order valence-electron chi connectivity index (χ1n) is 6.95. The highest BCUT2D eigenvalue weighted by Crippen LogP contribution is 2.25. The third-order valence-electron chi connectivity index (χ3n) is 3.57. The Hall–Kier alpha value is -2.42. The monoisotopic (exact) mass is 281 g/mol. The molecule has 106 valence electrons. The summed E-state index contributed by atoms with van der Waals surface area (Å²) in [6, 6.07) is 15.1. The van der Waals surface area contributed by atoms with Crippen LogP contribution in [0.3, 0.4) is 0 Å². The molecule has 21 heavy (non-hydrogen) atoms.